The lowest BCUT2D eigenvalue weighted by molar-refractivity contribution is 0.703. The SMILES string of the molecule is CCCNCC.CS. The van der Waals surface area contributed by atoms with Crippen LogP contribution >= 0.6 is 12.6 Å². The summed E-state index contributed by atoms with van der Waals surface area (Å²) in [5.41, 5.74) is 0. The molecule has 8 heavy (non-hydrogen) atoms. The second-order valence-corrected chi connectivity index (χ2v) is 1.35. The average Bonchev–Trinajstić information content (AvgIpc) is 1.88. The maximum atomic E-state index is 3.53. The van der Waals surface area contributed by atoms with E-state index in [1.54, 1.807) is 6.26 Å². The molecule has 0 heterocycles. The number of rotatable bonds is 3. The van der Waals surface area contributed by atoms with Gasteiger partial charge < -0.3 is 5.32 Å². The van der Waals surface area contributed by atoms with Crippen LogP contribution in [0.2, 0.25) is 0 Å². The molecule has 0 spiro atoms. The Hall–Kier alpha value is 0.310. The molecule has 0 radical (unpaired) electrons. The van der Waals surface area contributed by atoms with Gasteiger partial charge in [-0.25, -0.2) is 0 Å². The summed E-state index contributed by atoms with van der Waals surface area (Å²) in [5.74, 6) is 0. The highest BCUT2D eigenvalue weighted by Gasteiger charge is 1.71. The molecule has 0 aliphatic rings. The van der Waals surface area contributed by atoms with Crippen LogP contribution in [0.15, 0.2) is 0 Å². The lowest BCUT2D eigenvalue weighted by Gasteiger charge is -1.91. The van der Waals surface area contributed by atoms with Gasteiger partial charge in [0.2, 0.25) is 0 Å². The van der Waals surface area contributed by atoms with Crippen molar-refractivity contribution >= 4 is 12.6 Å². The van der Waals surface area contributed by atoms with Crippen LogP contribution in [0.3, 0.4) is 0 Å². The molecule has 0 aliphatic carbocycles. The lowest BCUT2D eigenvalue weighted by Crippen LogP contribution is -2.12. The summed E-state index contributed by atoms with van der Waals surface area (Å²) >= 11 is 3.53. The Kier molecular flexibility index (Phi) is 21.8. The monoisotopic (exact) mass is 135 g/mol. The van der Waals surface area contributed by atoms with Crippen molar-refractivity contribution in [1.82, 2.24) is 5.32 Å². The normalized spacial score (nSPS) is 7.50. The Morgan fingerprint density at radius 1 is 1.25 bits per heavy atom. The van der Waals surface area contributed by atoms with Crippen molar-refractivity contribution in [3.8, 4) is 0 Å². The van der Waals surface area contributed by atoms with Gasteiger partial charge in [-0.2, -0.15) is 12.6 Å². The summed E-state index contributed by atoms with van der Waals surface area (Å²) in [6, 6.07) is 0. The van der Waals surface area contributed by atoms with E-state index in [1.807, 2.05) is 0 Å². The van der Waals surface area contributed by atoms with Gasteiger partial charge >= 0.3 is 0 Å². The first kappa shape index (κ1) is 11.2. The van der Waals surface area contributed by atoms with E-state index in [2.05, 4.69) is 31.8 Å². The molecule has 0 saturated heterocycles. The molecule has 1 nitrogen and oxygen atoms in total. The smallest absolute Gasteiger partial charge is 0.00517 e. The van der Waals surface area contributed by atoms with Crippen molar-refractivity contribution in [3.05, 3.63) is 0 Å². The molecular weight excluding hydrogens is 118 g/mol. The fourth-order valence-corrected chi connectivity index (χ4v) is 0.354. The zero-order chi connectivity index (χ0) is 6.83. The van der Waals surface area contributed by atoms with Gasteiger partial charge in [-0.05, 0) is 25.8 Å². The van der Waals surface area contributed by atoms with E-state index in [0.29, 0.717) is 0 Å². The van der Waals surface area contributed by atoms with Gasteiger partial charge in [-0.1, -0.05) is 13.8 Å². The zero-order valence-corrected chi connectivity index (χ0v) is 6.96. The van der Waals surface area contributed by atoms with Gasteiger partial charge in [0.05, 0.1) is 0 Å². The first-order valence-corrected chi connectivity index (χ1v) is 3.96. The van der Waals surface area contributed by atoms with Crippen LogP contribution in [-0.4, -0.2) is 19.3 Å². The first-order chi connectivity index (χ1) is 3.91. The molecule has 0 bridgehead atoms. The molecule has 0 unspecified atom stereocenters. The van der Waals surface area contributed by atoms with Gasteiger partial charge in [0.25, 0.3) is 0 Å². The molecule has 0 amide bonds. The molecule has 0 aliphatic heterocycles. The molecule has 0 rings (SSSR count). The predicted octanol–water partition coefficient (Wildman–Crippen LogP) is 1.55. The van der Waals surface area contributed by atoms with Crippen molar-refractivity contribution in [2.45, 2.75) is 20.3 Å². The number of hydrogen-bond acceptors (Lipinski definition) is 2. The molecular formula is C6H17NS. The second-order valence-electron chi connectivity index (χ2n) is 1.35. The Morgan fingerprint density at radius 2 is 1.75 bits per heavy atom. The largest absolute Gasteiger partial charge is 0.317 e. The highest BCUT2D eigenvalue weighted by molar-refractivity contribution is 7.79. The van der Waals surface area contributed by atoms with E-state index in [0.717, 1.165) is 13.1 Å². The van der Waals surface area contributed by atoms with Gasteiger partial charge in [0.1, 0.15) is 0 Å². The lowest BCUT2D eigenvalue weighted by atomic mass is 10.5. The summed E-state index contributed by atoms with van der Waals surface area (Å²) in [4.78, 5) is 0. The van der Waals surface area contributed by atoms with Crippen molar-refractivity contribution in [3.63, 3.8) is 0 Å². The summed E-state index contributed by atoms with van der Waals surface area (Å²) in [6.45, 7) is 6.56. The van der Waals surface area contributed by atoms with E-state index in [4.69, 9.17) is 0 Å². The molecule has 0 saturated carbocycles. The molecule has 0 aromatic carbocycles. The number of hydrogen-bond donors (Lipinski definition) is 2. The van der Waals surface area contributed by atoms with Gasteiger partial charge in [-0.3, -0.25) is 0 Å². The van der Waals surface area contributed by atoms with E-state index in [1.165, 1.54) is 6.42 Å². The summed E-state index contributed by atoms with van der Waals surface area (Å²) in [5, 5.41) is 3.20. The van der Waals surface area contributed by atoms with Crippen LogP contribution in [-0.2, 0) is 0 Å². The molecule has 0 aromatic heterocycles. The third-order valence-corrected chi connectivity index (χ3v) is 0.677. The Balaban J connectivity index is 0. The predicted molar refractivity (Wildman–Crippen MR) is 43.7 cm³/mol. The third-order valence-electron chi connectivity index (χ3n) is 0.677. The van der Waals surface area contributed by atoms with Crippen LogP contribution in [0, 0.1) is 0 Å². The van der Waals surface area contributed by atoms with Gasteiger partial charge in [-0.15, -0.1) is 0 Å². The molecule has 1 N–H and O–H groups in total. The van der Waals surface area contributed by atoms with Gasteiger partial charge in [0.15, 0.2) is 0 Å². The maximum absolute atomic E-state index is 3.53. The third kappa shape index (κ3) is 16.2. The highest BCUT2D eigenvalue weighted by atomic mass is 32.1. The molecule has 2 heteroatoms. The molecule has 0 atom stereocenters. The number of thiol groups is 1. The average molecular weight is 135 g/mol. The van der Waals surface area contributed by atoms with E-state index < -0.39 is 0 Å². The summed E-state index contributed by atoms with van der Waals surface area (Å²) in [6.07, 6.45) is 2.94. The molecule has 0 aromatic rings. The fraction of sp³-hybridized carbons (Fsp3) is 1.00. The van der Waals surface area contributed by atoms with Crippen molar-refractivity contribution < 1.29 is 0 Å². The standard InChI is InChI=1S/C5H13N.CH4S/c1-3-5-6-4-2;1-2/h6H,3-5H2,1-2H3;2H,1H3. The van der Waals surface area contributed by atoms with Crippen molar-refractivity contribution in [2.24, 2.45) is 0 Å². The van der Waals surface area contributed by atoms with Crippen molar-refractivity contribution in [1.29, 1.82) is 0 Å². The Morgan fingerprint density at radius 3 is 1.88 bits per heavy atom. The van der Waals surface area contributed by atoms with Crippen LogP contribution in [0.1, 0.15) is 20.3 Å². The van der Waals surface area contributed by atoms with Crippen LogP contribution in [0.5, 0.6) is 0 Å². The van der Waals surface area contributed by atoms with Gasteiger partial charge in [0, 0.05) is 0 Å². The summed E-state index contributed by atoms with van der Waals surface area (Å²) in [7, 11) is 0. The zero-order valence-electron chi connectivity index (χ0n) is 6.07. The van der Waals surface area contributed by atoms with E-state index in [-0.39, 0.29) is 0 Å². The number of nitrogens with one attached hydrogen (secondary N) is 1. The minimum Gasteiger partial charge on any atom is -0.317 e. The second kappa shape index (κ2) is 15.7. The topological polar surface area (TPSA) is 12.0 Å². The Labute approximate surface area is 58.3 Å². The minimum absolute atomic E-state index is 1.10. The molecule has 0 fully saturated rings. The summed E-state index contributed by atoms with van der Waals surface area (Å²) < 4.78 is 0. The van der Waals surface area contributed by atoms with Crippen LogP contribution in [0.25, 0.3) is 0 Å². The maximum Gasteiger partial charge on any atom is -0.00517 e. The van der Waals surface area contributed by atoms with E-state index >= 15 is 0 Å². The highest BCUT2D eigenvalue weighted by Crippen LogP contribution is 1.65. The van der Waals surface area contributed by atoms with Crippen LogP contribution < -0.4 is 5.32 Å². The molecule has 52 valence electrons. The Bertz CT molecular complexity index is 20.5. The van der Waals surface area contributed by atoms with Crippen molar-refractivity contribution in [2.75, 3.05) is 19.3 Å². The quantitative estimate of drug-likeness (QED) is 0.442. The van der Waals surface area contributed by atoms with Crippen LogP contribution in [0.4, 0.5) is 0 Å². The first-order valence-electron chi connectivity index (χ1n) is 3.07. The van der Waals surface area contributed by atoms with E-state index in [9.17, 15) is 0 Å². The fourth-order valence-electron chi connectivity index (χ4n) is 0.354. The minimum atomic E-state index is 1.10.